The number of hydrogen-bond donors (Lipinski definition) is 0. The summed E-state index contributed by atoms with van der Waals surface area (Å²) in [4.78, 5) is 11.4. The summed E-state index contributed by atoms with van der Waals surface area (Å²) < 4.78 is 5.54. The molecule has 0 N–H and O–H groups in total. The van der Waals surface area contributed by atoms with Crippen LogP contribution in [-0.2, 0) is 9.53 Å². The lowest BCUT2D eigenvalue weighted by atomic mass is 9.58. The van der Waals surface area contributed by atoms with Crippen molar-refractivity contribution in [2.45, 2.75) is 32.8 Å². The third kappa shape index (κ3) is 0.791. The van der Waals surface area contributed by atoms with Crippen molar-refractivity contribution >= 4 is 5.78 Å². The minimum absolute atomic E-state index is 0.189. The quantitative estimate of drug-likeness (QED) is 0.527. The van der Waals surface area contributed by atoms with E-state index in [0.29, 0.717) is 5.78 Å². The first-order valence-electron chi connectivity index (χ1n) is 4.30. The van der Waals surface area contributed by atoms with E-state index in [-0.39, 0.29) is 17.4 Å². The van der Waals surface area contributed by atoms with Gasteiger partial charge in [-0.15, -0.1) is 0 Å². The summed E-state index contributed by atoms with van der Waals surface area (Å²) in [7, 11) is 0. The molecule has 0 radical (unpaired) electrons. The minimum atomic E-state index is -0.189. The van der Waals surface area contributed by atoms with Crippen molar-refractivity contribution < 1.29 is 9.53 Å². The second-order valence-corrected chi connectivity index (χ2v) is 4.13. The summed E-state index contributed by atoms with van der Waals surface area (Å²) in [6, 6.07) is 0. The second kappa shape index (κ2) is 2.07. The number of ketones is 1. The van der Waals surface area contributed by atoms with Crippen LogP contribution in [0.4, 0.5) is 0 Å². The Labute approximate surface area is 66.9 Å². The van der Waals surface area contributed by atoms with Gasteiger partial charge in [0.25, 0.3) is 0 Å². The molecule has 0 aromatic rings. The molecule has 0 amide bonds. The first-order valence-corrected chi connectivity index (χ1v) is 4.30. The van der Waals surface area contributed by atoms with Gasteiger partial charge in [0.2, 0.25) is 0 Å². The van der Waals surface area contributed by atoms with Crippen molar-refractivity contribution in [2.24, 2.45) is 11.3 Å². The molecular formula is C9H14O2. The molecule has 1 saturated carbocycles. The Bertz CT molecular complexity index is 196. The van der Waals surface area contributed by atoms with E-state index in [4.69, 9.17) is 4.74 Å². The van der Waals surface area contributed by atoms with Crippen molar-refractivity contribution in [3.05, 3.63) is 0 Å². The topological polar surface area (TPSA) is 26.3 Å². The maximum absolute atomic E-state index is 11.4. The van der Waals surface area contributed by atoms with Gasteiger partial charge in [-0.05, 0) is 12.8 Å². The lowest BCUT2D eigenvalue weighted by Gasteiger charge is -2.51. The molecule has 0 bridgehead atoms. The summed E-state index contributed by atoms with van der Waals surface area (Å²) >= 11 is 0. The third-order valence-electron chi connectivity index (χ3n) is 3.01. The Morgan fingerprint density at radius 3 is 2.91 bits per heavy atom. The van der Waals surface area contributed by atoms with Gasteiger partial charge < -0.3 is 4.74 Å². The number of hydrogen-bond acceptors (Lipinski definition) is 2. The molecule has 11 heavy (non-hydrogen) atoms. The highest BCUT2D eigenvalue weighted by Crippen LogP contribution is 2.47. The van der Waals surface area contributed by atoms with Gasteiger partial charge in [0.1, 0.15) is 5.78 Å². The Kier molecular flexibility index (Phi) is 1.37. The molecule has 0 aromatic carbocycles. The predicted molar refractivity (Wildman–Crippen MR) is 41.3 cm³/mol. The van der Waals surface area contributed by atoms with Crippen LogP contribution in [0.1, 0.15) is 26.7 Å². The maximum Gasteiger partial charge on any atom is 0.146 e. The lowest BCUT2D eigenvalue weighted by molar-refractivity contribution is -0.184. The van der Waals surface area contributed by atoms with Crippen LogP contribution < -0.4 is 0 Å². The van der Waals surface area contributed by atoms with Gasteiger partial charge in [-0.2, -0.15) is 0 Å². The van der Waals surface area contributed by atoms with E-state index in [1.54, 1.807) is 0 Å². The average Bonchev–Trinajstić information content (AvgIpc) is 2.04. The fourth-order valence-electron chi connectivity index (χ4n) is 2.28. The highest BCUT2D eigenvalue weighted by molar-refractivity contribution is 5.94. The molecular weight excluding hydrogens is 140 g/mol. The molecule has 2 nitrogen and oxygen atoms in total. The van der Waals surface area contributed by atoms with Gasteiger partial charge in [-0.25, -0.2) is 0 Å². The molecule has 2 atom stereocenters. The molecule has 1 saturated heterocycles. The predicted octanol–water partition coefficient (Wildman–Crippen LogP) is 1.39. The number of fused-ring (bicyclic) bond motifs is 1. The third-order valence-corrected chi connectivity index (χ3v) is 3.01. The van der Waals surface area contributed by atoms with Crippen LogP contribution in [0.5, 0.6) is 0 Å². The first kappa shape index (κ1) is 7.29. The highest BCUT2D eigenvalue weighted by atomic mass is 16.5. The molecule has 0 aromatic heterocycles. The standard InChI is InChI=1S/C9H14O2/c1-9(2)7(10)6-4-3-5-11-8(6)9/h6,8H,3-5H2,1-2H3/t6-,8+/m0/s1. The van der Waals surface area contributed by atoms with E-state index in [0.717, 1.165) is 19.4 Å². The molecule has 2 fully saturated rings. The van der Waals surface area contributed by atoms with Crippen molar-refractivity contribution in [3.8, 4) is 0 Å². The van der Waals surface area contributed by atoms with E-state index in [1.165, 1.54) is 0 Å². The summed E-state index contributed by atoms with van der Waals surface area (Å²) in [6.45, 7) is 4.82. The SMILES string of the molecule is CC1(C)C(=O)[C@@H]2CCCO[C@H]21. The Morgan fingerprint density at radius 1 is 1.55 bits per heavy atom. The fourth-order valence-corrected chi connectivity index (χ4v) is 2.28. The van der Waals surface area contributed by atoms with Crippen molar-refractivity contribution in [2.75, 3.05) is 6.61 Å². The normalized spacial score (nSPS) is 41.1. The number of ether oxygens (including phenoxy) is 1. The zero-order valence-corrected chi connectivity index (χ0v) is 7.09. The molecule has 62 valence electrons. The lowest BCUT2D eigenvalue weighted by Crippen LogP contribution is -2.61. The van der Waals surface area contributed by atoms with Crippen LogP contribution in [0.3, 0.4) is 0 Å². The summed E-state index contributed by atoms with van der Waals surface area (Å²) in [5.41, 5.74) is -0.189. The Morgan fingerprint density at radius 2 is 2.27 bits per heavy atom. The minimum Gasteiger partial charge on any atom is -0.376 e. The van der Waals surface area contributed by atoms with Crippen molar-refractivity contribution in [1.82, 2.24) is 0 Å². The number of Topliss-reactive ketones (excluding diaryl/α,β-unsaturated/α-hetero) is 1. The monoisotopic (exact) mass is 154 g/mol. The molecule has 1 aliphatic heterocycles. The largest absolute Gasteiger partial charge is 0.376 e. The van der Waals surface area contributed by atoms with E-state index in [2.05, 4.69) is 0 Å². The summed E-state index contributed by atoms with van der Waals surface area (Å²) in [5, 5.41) is 0. The molecule has 0 unspecified atom stereocenters. The van der Waals surface area contributed by atoms with Crippen LogP contribution >= 0.6 is 0 Å². The Hall–Kier alpha value is -0.370. The Balaban J connectivity index is 2.15. The van der Waals surface area contributed by atoms with Gasteiger partial charge in [-0.1, -0.05) is 13.8 Å². The molecule has 1 heterocycles. The van der Waals surface area contributed by atoms with Gasteiger partial charge >= 0.3 is 0 Å². The number of rotatable bonds is 0. The molecule has 2 heteroatoms. The van der Waals surface area contributed by atoms with Crippen molar-refractivity contribution in [1.29, 1.82) is 0 Å². The summed E-state index contributed by atoms with van der Waals surface area (Å²) in [6.07, 6.45) is 2.33. The van der Waals surface area contributed by atoms with E-state index in [9.17, 15) is 4.79 Å². The molecule has 1 aliphatic carbocycles. The molecule has 2 aliphatic rings. The molecule has 0 spiro atoms. The molecule has 2 rings (SSSR count). The van der Waals surface area contributed by atoms with E-state index < -0.39 is 0 Å². The van der Waals surface area contributed by atoms with Crippen LogP contribution in [0, 0.1) is 11.3 Å². The van der Waals surface area contributed by atoms with Gasteiger partial charge in [0, 0.05) is 12.5 Å². The van der Waals surface area contributed by atoms with Gasteiger partial charge in [0.15, 0.2) is 0 Å². The van der Waals surface area contributed by atoms with Gasteiger partial charge in [-0.3, -0.25) is 4.79 Å². The number of carbonyl (C=O) groups is 1. The van der Waals surface area contributed by atoms with Crippen LogP contribution in [0.2, 0.25) is 0 Å². The average molecular weight is 154 g/mol. The highest BCUT2D eigenvalue weighted by Gasteiger charge is 2.57. The zero-order valence-electron chi connectivity index (χ0n) is 7.09. The van der Waals surface area contributed by atoms with E-state index >= 15 is 0 Å². The second-order valence-electron chi connectivity index (χ2n) is 4.13. The number of carbonyl (C=O) groups excluding carboxylic acids is 1. The zero-order chi connectivity index (χ0) is 8.06. The van der Waals surface area contributed by atoms with Crippen LogP contribution in [-0.4, -0.2) is 18.5 Å². The van der Waals surface area contributed by atoms with E-state index in [1.807, 2.05) is 13.8 Å². The van der Waals surface area contributed by atoms with Crippen LogP contribution in [0.25, 0.3) is 0 Å². The maximum atomic E-state index is 11.4. The fraction of sp³-hybridized carbons (Fsp3) is 0.889. The van der Waals surface area contributed by atoms with Crippen molar-refractivity contribution in [3.63, 3.8) is 0 Å². The van der Waals surface area contributed by atoms with Gasteiger partial charge in [0.05, 0.1) is 11.5 Å². The smallest absolute Gasteiger partial charge is 0.146 e. The van der Waals surface area contributed by atoms with Crippen LogP contribution in [0.15, 0.2) is 0 Å². The first-order chi connectivity index (χ1) is 5.14. The summed E-state index contributed by atoms with van der Waals surface area (Å²) in [5.74, 6) is 0.640.